The van der Waals surface area contributed by atoms with Gasteiger partial charge in [0.25, 0.3) is 0 Å². The summed E-state index contributed by atoms with van der Waals surface area (Å²) in [7, 11) is 0. The number of nitrogens with zero attached hydrogens (tertiary/aromatic N) is 1. The third-order valence-electron chi connectivity index (χ3n) is 3.33. The zero-order chi connectivity index (χ0) is 13.9. The third-order valence-corrected chi connectivity index (χ3v) is 3.33. The molecule has 0 spiro atoms. The van der Waals surface area contributed by atoms with Gasteiger partial charge in [-0.1, -0.05) is 49.4 Å². The van der Waals surface area contributed by atoms with Crippen LogP contribution < -0.4 is 0 Å². The van der Waals surface area contributed by atoms with Crippen molar-refractivity contribution in [2.45, 2.75) is 32.9 Å². The Balaban J connectivity index is 2.24. The van der Waals surface area contributed by atoms with Crippen molar-refractivity contribution in [3.8, 4) is 0 Å². The SMILES string of the molecule is CCN(Cc1cccc2ccccc12)CC(C)(C)O. The fourth-order valence-corrected chi connectivity index (χ4v) is 2.50. The molecule has 0 aliphatic heterocycles. The molecule has 0 fully saturated rings. The lowest BCUT2D eigenvalue weighted by atomic mass is 10.0. The number of rotatable bonds is 5. The fourth-order valence-electron chi connectivity index (χ4n) is 2.50. The van der Waals surface area contributed by atoms with Crippen LogP contribution in [0.2, 0.25) is 0 Å². The van der Waals surface area contributed by atoms with Crippen molar-refractivity contribution < 1.29 is 5.11 Å². The van der Waals surface area contributed by atoms with Gasteiger partial charge in [-0.2, -0.15) is 0 Å². The minimum absolute atomic E-state index is 0.652. The van der Waals surface area contributed by atoms with Crippen LogP contribution in [0.3, 0.4) is 0 Å². The number of aliphatic hydroxyl groups is 1. The zero-order valence-electron chi connectivity index (χ0n) is 12.1. The summed E-state index contributed by atoms with van der Waals surface area (Å²) in [6.07, 6.45) is 0. The lowest BCUT2D eigenvalue weighted by Crippen LogP contribution is -2.38. The highest BCUT2D eigenvalue weighted by molar-refractivity contribution is 5.85. The molecule has 2 rings (SSSR count). The molecule has 2 heteroatoms. The molecule has 1 N–H and O–H groups in total. The topological polar surface area (TPSA) is 23.5 Å². The maximum Gasteiger partial charge on any atom is 0.0718 e. The summed E-state index contributed by atoms with van der Waals surface area (Å²) in [6.45, 7) is 8.36. The van der Waals surface area contributed by atoms with Gasteiger partial charge >= 0.3 is 0 Å². The van der Waals surface area contributed by atoms with Crippen molar-refractivity contribution in [3.05, 3.63) is 48.0 Å². The molecular formula is C17H23NO. The van der Waals surface area contributed by atoms with E-state index in [4.69, 9.17) is 0 Å². The van der Waals surface area contributed by atoms with E-state index in [0.717, 1.165) is 13.1 Å². The van der Waals surface area contributed by atoms with Crippen LogP contribution >= 0.6 is 0 Å². The molecule has 0 amide bonds. The van der Waals surface area contributed by atoms with Crippen LogP contribution in [0.4, 0.5) is 0 Å². The minimum Gasteiger partial charge on any atom is -0.389 e. The first-order chi connectivity index (χ1) is 8.99. The average molecular weight is 257 g/mol. The van der Waals surface area contributed by atoms with E-state index in [1.807, 2.05) is 13.8 Å². The smallest absolute Gasteiger partial charge is 0.0718 e. The molecule has 0 aliphatic carbocycles. The van der Waals surface area contributed by atoms with Crippen molar-refractivity contribution in [1.82, 2.24) is 4.90 Å². The lowest BCUT2D eigenvalue weighted by molar-refractivity contribution is 0.0354. The van der Waals surface area contributed by atoms with E-state index >= 15 is 0 Å². The van der Waals surface area contributed by atoms with Gasteiger partial charge in [-0.15, -0.1) is 0 Å². The summed E-state index contributed by atoms with van der Waals surface area (Å²) in [6, 6.07) is 14.9. The molecule has 2 aromatic carbocycles. The predicted molar refractivity (Wildman–Crippen MR) is 81.2 cm³/mol. The first-order valence-corrected chi connectivity index (χ1v) is 6.91. The van der Waals surface area contributed by atoms with Gasteiger partial charge in [0, 0.05) is 13.1 Å². The Morgan fingerprint density at radius 2 is 1.74 bits per heavy atom. The van der Waals surface area contributed by atoms with Crippen LogP contribution in [0.25, 0.3) is 10.8 Å². The average Bonchev–Trinajstić information content (AvgIpc) is 2.37. The van der Waals surface area contributed by atoms with E-state index in [9.17, 15) is 5.11 Å². The predicted octanol–water partition coefficient (Wildman–Crippen LogP) is 3.43. The van der Waals surface area contributed by atoms with Gasteiger partial charge in [-0.25, -0.2) is 0 Å². The molecule has 2 nitrogen and oxygen atoms in total. The van der Waals surface area contributed by atoms with E-state index in [1.54, 1.807) is 0 Å². The van der Waals surface area contributed by atoms with Crippen LogP contribution in [0.15, 0.2) is 42.5 Å². The summed E-state index contributed by atoms with van der Waals surface area (Å²) in [5.74, 6) is 0. The van der Waals surface area contributed by atoms with Gasteiger partial charge in [-0.3, -0.25) is 4.90 Å². The molecule has 0 bridgehead atoms. The highest BCUT2D eigenvalue weighted by Gasteiger charge is 2.17. The molecule has 19 heavy (non-hydrogen) atoms. The molecule has 102 valence electrons. The molecule has 0 atom stereocenters. The Labute approximate surface area is 115 Å². The second-order valence-electron chi connectivity index (χ2n) is 5.75. The standard InChI is InChI=1S/C17H23NO/c1-4-18(13-17(2,3)19)12-15-10-7-9-14-8-5-6-11-16(14)15/h5-11,19H,4,12-13H2,1-3H3. The Bertz CT molecular complexity index is 537. The van der Waals surface area contributed by atoms with E-state index in [0.29, 0.717) is 6.54 Å². The molecule has 0 radical (unpaired) electrons. The number of hydrogen-bond donors (Lipinski definition) is 1. The van der Waals surface area contributed by atoms with Gasteiger partial charge < -0.3 is 5.11 Å². The van der Waals surface area contributed by atoms with Gasteiger partial charge in [0.15, 0.2) is 0 Å². The summed E-state index contributed by atoms with van der Waals surface area (Å²) < 4.78 is 0. The Kier molecular flexibility index (Phi) is 4.23. The molecule has 0 unspecified atom stereocenters. The summed E-state index contributed by atoms with van der Waals surface area (Å²) >= 11 is 0. The van der Waals surface area contributed by atoms with Crippen molar-refractivity contribution in [3.63, 3.8) is 0 Å². The van der Waals surface area contributed by atoms with Gasteiger partial charge in [0.2, 0.25) is 0 Å². The maximum atomic E-state index is 9.97. The van der Waals surface area contributed by atoms with Crippen molar-refractivity contribution >= 4 is 10.8 Å². The first kappa shape index (κ1) is 14.0. The quantitative estimate of drug-likeness (QED) is 0.887. The van der Waals surface area contributed by atoms with Crippen molar-refractivity contribution in [2.75, 3.05) is 13.1 Å². The van der Waals surface area contributed by atoms with E-state index in [1.165, 1.54) is 16.3 Å². The molecule has 0 aliphatic rings. The van der Waals surface area contributed by atoms with Crippen LogP contribution in [-0.4, -0.2) is 28.7 Å². The second kappa shape index (κ2) is 5.72. The summed E-state index contributed by atoms with van der Waals surface area (Å²) in [4.78, 5) is 2.28. The number of benzene rings is 2. The first-order valence-electron chi connectivity index (χ1n) is 6.91. The number of likely N-dealkylation sites (N-methyl/N-ethyl adjacent to an activating group) is 1. The lowest BCUT2D eigenvalue weighted by Gasteiger charge is -2.28. The zero-order valence-corrected chi connectivity index (χ0v) is 12.1. The van der Waals surface area contributed by atoms with Gasteiger partial charge in [0.1, 0.15) is 0 Å². The normalized spacial score (nSPS) is 12.3. The largest absolute Gasteiger partial charge is 0.389 e. The Morgan fingerprint density at radius 3 is 2.42 bits per heavy atom. The summed E-state index contributed by atoms with van der Waals surface area (Å²) in [5.41, 5.74) is 0.671. The monoisotopic (exact) mass is 257 g/mol. The minimum atomic E-state index is -0.652. The molecule has 0 heterocycles. The molecule has 2 aromatic rings. The highest BCUT2D eigenvalue weighted by Crippen LogP contribution is 2.20. The maximum absolute atomic E-state index is 9.97. The Morgan fingerprint density at radius 1 is 1.05 bits per heavy atom. The van der Waals surface area contributed by atoms with E-state index in [-0.39, 0.29) is 0 Å². The molecule has 0 saturated heterocycles. The number of hydrogen-bond acceptors (Lipinski definition) is 2. The second-order valence-corrected chi connectivity index (χ2v) is 5.75. The summed E-state index contributed by atoms with van der Waals surface area (Å²) in [5, 5.41) is 12.6. The molecule has 0 saturated carbocycles. The molecule has 0 aromatic heterocycles. The van der Waals surface area contributed by atoms with Crippen LogP contribution in [0.1, 0.15) is 26.3 Å². The molecular weight excluding hydrogens is 234 g/mol. The number of fused-ring (bicyclic) bond motifs is 1. The van der Waals surface area contributed by atoms with E-state index < -0.39 is 5.60 Å². The van der Waals surface area contributed by atoms with Crippen LogP contribution in [0, 0.1) is 0 Å². The fraction of sp³-hybridized carbons (Fsp3) is 0.412. The Hall–Kier alpha value is -1.38. The highest BCUT2D eigenvalue weighted by atomic mass is 16.3. The van der Waals surface area contributed by atoms with Crippen molar-refractivity contribution in [1.29, 1.82) is 0 Å². The van der Waals surface area contributed by atoms with Crippen LogP contribution in [0.5, 0.6) is 0 Å². The van der Waals surface area contributed by atoms with Gasteiger partial charge in [-0.05, 0) is 36.7 Å². The van der Waals surface area contributed by atoms with Crippen molar-refractivity contribution in [2.24, 2.45) is 0 Å². The van der Waals surface area contributed by atoms with Crippen LogP contribution in [-0.2, 0) is 6.54 Å². The third kappa shape index (κ3) is 3.79. The van der Waals surface area contributed by atoms with E-state index in [2.05, 4.69) is 54.3 Å². The van der Waals surface area contributed by atoms with Gasteiger partial charge in [0.05, 0.1) is 5.60 Å².